The molecule has 7 nitrogen and oxygen atoms in total. The van der Waals surface area contributed by atoms with Gasteiger partial charge in [0.15, 0.2) is 11.5 Å². The number of nitrogens with zero attached hydrogens (tertiary/aromatic N) is 2. The summed E-state index contributed by atoms with van der Waals surface area (Å²) >= 11 is 1.53. The van der Waals surface area contributed by atoms with Gasteiger partial charge in [-0.05, 0) is 36.2 Å². The molecule has 0 aliphatic heterocycles. The van der Waals surface area contributed by atoms with Gasteiger partial charge >= 0.3 is 6.03 Å². The highest BCUT2D eigenvalue weighted by molar-refractivity contribution is 7.07. The van der Waals surface area contributed by atoms with Gasteiger partial charge in [0, 0.05) is 30.7 Å². The van der Waals surface area contributed by atoms with Crippen molar-refractivity contribution in [2.45, 2.75) is 13.0 Å². The molecule has 2 aromatic carbocycles. The molecule has 1 aromatic heterocycles. The summed E-state index contributed by atoms with van der Waals surface area (Å²) in [6.07, 6.45) is 0.696. The molecule has 3 aromatic rings. The number of nitrogens with one attached hydrogen (secondary N) is 1. The molecule has 0 spiro atoms. The molecule has 0 radical (unpaired) electrons. The Hall–Kier alpha value is -3.26. The molecule has 2 amide bonds. The summed E-state index contributed by atoms with van der Waals surface area (Å²) in [4.78, 5) is 18.4. The van der Waals surface area contributed by atoms with Crippen molar-refractivity contribution in [3.8, 4) is 17.2 Å². The van der Waals surface area contributed by atoms with Gasteiger partial charge in [-0.15, -0.1) is 11.3 Å². The SMILES string of the molecule is COc1ccc(CCN(C)C(=O)Nc2cccc(OCc3cscn3)c2)cc1OC. The van der Waals surface area contributed by atoms with Gasteiger partial charge in [0.2, 0.25) is 0 Å². The number of carbonyl (C=O) groups excluding carboxylic acids is 1. The Morgan fingerprint density at radius 3 is 2.70 bits per heavy atom. The highest BCUT2D eigenvalue weighted by Gasteiger charge is 2.11. The van der Waals surface area contributed by atoms with E-state index in [4.69, 9.17) is 14.2 Å². The highest BCUT2D eigenvalue weighted by Crippen LogP contribution is 2.27. The zero-order chi connectivity index (χ0) is 21.3. The van der Waals surface area contributed by atoms with E-state index in [1.54, 1.807) is 37.7 Å². The maximum atomic E-state index is 12.5. The van der Waals surface area contributed by atoms with Gasteiger partial charge in [0.05, 0.1) is 25.4 Å². The van der Waals surface area contributed by atoms with E-state index < -0.39 is 0 Å². The Morgan fingerprint density at radius 2 is 1.97 bits per heavy atom. The van der Waals surface area contributed by atoms with Crippen LogP contribution in [0.4, 0.5) is 10.5 Å². The van der Waals surface area contributed by atoms with E-state index in [1.807, 2.05) is 41.8 Å². The van der Waals surface area contributed by atoms with E-state index >= 15 is 0 Å². The average molecular weight is 428 g/mol. The smallest absolute Gasteiger partial charge is 0.321 e. The number of rotatable bonds is 9. The molecule has 0 unspecified atom stereocenters. The summed E-state index contributed by atoms with van der Waals surface area (Å²) in [5.74, 6) is 2.04. The van der Waals surface area contributed by atoms with Crippen LogP contribution in [-0.2, 0) is 13.0 Å². The molecule has 0 saturated heterocycles. The highest BCUT2D eigenvalue weighted by atomic mass is 32.1. The first-order valence-corrected chi connectivity index (χ1v) is 10.4. The summed E-state index contributed by atoms with van der Waals surface area (Å²) in [5.41, 5.74) is 4.38. The third-order valence-electron chi connectivity index (χ3n) is 4.49. The van der Waals surface area contributed by atoms with Gasteiger partial charge in [-0.2, -0.15) is 0 Å². The zero-order valence-corrected chi connectivity index (χ0v) is 18.1. The fraction of sp³-hybridized carbons (Fsp3) is 0.273. The van der Waals surface area contributed by atoms with Crippen molar-refractivity contribution in [1.29, 1.82) is 0 Å². The van der Waals surface area contributed by atoms with E-state index in [0.717, 1.165) is 11.3 Å². The van der Waals surface area contributed by atoms with E-state index in [2.05, 4.69) is 10.3 Å². The van der Waals surface area contributed by atoms with Crippen LogP contribution in [0.3, 0.4) is 0 Å². The quantitative estimate of drug-likeness (QED) is 0.546. The van der Waals surface area contributed by atoms with Gasteiger partial charge in [0.1, 0.15) is 12.4 Å². The van der Waals surface area contributed by atoms with E-state index in [1.165, 1.54) is 11.3 Å². The second kappa shape index (κ2) is 10.5. The van der Waals surface area contributed by atoms with Crippen LogP contribution in [-0.4, -0.2) is 43.7 Å². The van der Waals surface area contributed by atoms with E-state index in [0.29, 0.717) is 42.5 Å². The van der Waals surface area contributed by atoms with Crippen molar-refractivity contribution in [3.05, 3.63) is 64.6 Å². The van der Waals surface area contributed by atoms with Crippen molar-refractivity contribution in [2.24, 2.45) is 0 Å². The minimum atomic E-state index is -0.188. The van der Waals surface area contributed by atoms with Crippen LogP contribution in [0.5, 0.6) is 17.2 Å². The van der Waals surface area contributed by atoms with E-state index in [9.17, 15) is 4.79 Å². The van der Waals surface area contributed by atoms with Gasteiger partial charge < -0.3 is 24.4 Å². The lowest BCUT2D eigenvalue weighted by Crippen LogP contribution is -2.33. The summed E-state index contributed by atoms with van der Waals surface area (Å²) < 4.78 is 16.3. The van der Waals surface area contributed by atoms with Gasteiger partial charge in [-0.3, -0.25) is 0 Å². The number of hydrogen-bond donors (Lipinski definition) is 1. The number of carbonyl (C=O) groups is 1. The summed E-state index contributed by atoms with van der Waals surface area (Å²) in [5, 5.41) is 4.84. The molecule has 1 N–H and O–H groups in total. The number of thiazole rings is 1. The number of methoxy groups -OCH3 is 2. The molecule has 158 valence electrons. The number of anilines is 1. The Bertz CT molecular complexity index is 963. The van der Waals surface area contributed by atoms with Crippen LogP contribution in [0.25, 0.3) is 0 Å². The normalized spacial score (nSPS) is 10.4. The van der Waals surface area contributed by atoms with Crippen molar-refractivity contribution in [3.63, 3.8) is 0 Å². The maximum Gasteiger partial charge on any atom is 0.321 e. The van der Waals surface area contributed by atoms with Crippen LogP contribution in [0.15, 0.2) is 53.4 Å². The first-order chi connectivity index (χ1) is 14.6. The first-order valence-electron chi connectivity index (χ1n) is 9.42. The standard InChI is InChI=1S/C22H25N3O4S/c1-25(10-9-16-7-8-20(27-2)21(11-16)28-3)22(26)24-17-5-4-6-19(12-17)29-13-18-14-30-15-23-18/h4-8,11-12,14-15H,9-10,13H2,1-3H3,(H,24,26). The number of urea groups is 1. The second-order valence-electron chi connectivity index (χ2n) is 6.59. The van der Waals surface area contributed by atoms with Crippen LogP contribution < -0.4 is 19.5 Å². The number of likely N-dealkylation sites (N-methyl/N-ethyl adjacent to an activating group) is 1. The largest absolute Gasteiger partial charge is 0.493 e. The molecule has 0 bridgehead atoms. The van der Waals surface area contributed by atoms with Gasteiger partial charge in [-0.1, -0.05) is 12.1 Å². The molecule has 1 heterocycles. The van der Waals surface area contributed by atoms with Crippen molar-refractivity contribution in [2.75, 3.05) is 33.1 Å². The summed E-state index contributed by atoms with van der Waals surface area (Å²) in [6, 6.07) is 12.9. The lowest BCUT2D eigenvalue weighted by Gasteiger charge is -2.19. The average Bonchev–Trinajstić information content (AvgIpc) is 3.29. The Balaban J connectivity index is 1.52. The summed E-state index contributed by atoms with van der Waals surface area (Å²) in [7, 11) is 4.98. The summed E-state index contributed by atoms with van der Waals surface area (Å²) in [6.45, 7) is 0.952. The Kier molecular flexibility index (Phi) is 7.51. The molecular weight excluding hydrogens is 402 g/mol. The maximum absolute atomic E-state index is 12.5. The van der Waals surface area contributed by atoms with Gasteiger partial charge in [0.25, 0.3) is 0 Å². The molecule has 8 heteroatoms. The zero-order valence-electron chi connectivity index (χ0n) is 17.3. The van der Waals surface area contributed by atoms with Crippen LogP contribution in [0, 0.1) is 0 Å². The minimum absolute atomic E-state index is 0.188. The third kappa shape index (κ3) is 5.87. The Labute approximate surface area is 180 Å². The predicted octanol–water partition coefficient (Wildman–Crippen LogP) is 4.45. The van der Waals surface area contributed by atoms with E-state index in [-0.39, 0.29) is 6.03 Å². The topological polar surface area (TPSA) is 72.9 Å². The molecule has 3 rings (SSSR count). The number of hydrogen-bond acceptors (Lipinski definition) is 6. The lowest BCUT2D eigenvalue weighted by molar-refractivity contribution is 0.223. The predicted molar refractivity (Wildman–Crippen MR) is 118 cm³/mol. The fourth-order valence-electron chi connectivity index (χ4n) is 2.78. The second-order valence-corrected chi connectivity index (χ2v) is 7.31. The van der Waals surface area contributed by atoms with Crippen LogP contribution in [0.1, 0.15) is 11.3 Å². The van der Waals surface area contributed by atoms with Crippen molar-refractivity contribution < 1.29 is 19.0 Å². The monoisotopic (exact) mass is 427 g/mol. The molecule has 0 aliphatic carbocycles. The van der Waals surface area contributed by atoms with Crippen molar-refractivity contribution >= 4 is 23.1 Å². The number of aromatic nitrogens is 1. The van der Waals surface area contributed by atoms with Crippen LogP contribution >= 0.6 is 11.3 Å². The number of ether oxygens (including phenoxy) is 3. The molecule has 0 saturated carbocycles. The lowest BCUT2D eigenvalue weighted by atomic mass is 10.1. The number of benzene rings is 2. The molecule has 0 atom stereocenters. The molecular formula is C22H25N3O4S. The van der Waals surface area contributed by atoms with Crippen molar-refractivity contribution in [1.82, 2.24) is 9.88 Å². The molecule has 0 fully saturated rings. The van der Waals surface area contributed by atoms with Gasteiger partial charge in [-0.25, -0.2) is 9.78 Å². The fourth-order valence-corrected chi connectivity index (χ4v) is 3.33. The van der Waals surface area contributed by atoms with Crippen LogP contribution in [0.2, 0.25) is 0 Å². The minimum Gasteiger partial charge on any atom is -0.493 e. The Morgan fingerprint density at radius 1 is 1.13 bits per heavy atom. The molecule has 30 heavy (non-hydrogen) atoms. The first kappa shape index (κ1) is 21.4. The number of amides is 2. The molecule has 0 aliphatic rings. The third-order valence-corrected chi connectivity index (χ3v) is 5.12.